The molecule has 3 aromatic rings. The van der Waals surface area contributed by atoms with Gasteiger partial charge < -0.3 is 20.2 Å². The van der Waals surface area contributed by atoms with Crippen LogP contribution in [0.4, 0.5) is 5.82 Å². The Morgan fingerprint density at radius 3 is 2.37 bits per heavy atom. The zero-order valence-electron chi connectivity index (χ0n) is 16.0. The van der Waals surface area contributed by atoms with Crippen molar-refractivity contribution in [2.75, 3.05) is 12.3 Å². The first-order valence-corrected chi connectivity index (χ1v) is 9.37. The number of aromatic nitrogens is 1. The van der Waals surface area contributed by atoms with Crippen LogP contribution < -0.4 is 20.8 Å². The molecule has 0 saturated heterocycles. The van der Waals surface area contributed by atoms with Crippen molar-refractivity contribution < 1.29 is 9.47 Å². The predicted octanol–water partition coefficient (Wildman–Crippen LogP) is 4.00. The Morgan fingerprint density at radius 2 is 1.73 bits per heavy atom. The molecule has 0 aliphatic carbocycles. The zero-order valence-corrected chi connectivity index (χ0v) is 16.8. The van der Waals surface area contributed by atoms with Gasteiger partial charge in [0.1, 0.15) is 35.7 Å². The van der Waals surface area contributed by atoms with E-state index in [1.165, 1.54) is 6.07 Å². The van der Waals surface area contributed by atoms with E-state index in [4.69, 9.17) is 26.8 Å². The first-order chi connectivity index (χ1) is 14.5. The molecule has 0 saturated carbocycles. The molecular formula is C22H17ClN4O3. The number of nitriles is 2. The third kappa shape index (κ3) is 4.07. The van der Waals surface area contributed by atoms with Crippen LogP contribution >= 0.6 is 11.6 Å². The molecule has 0 radical (unpaired) electrons. The summed E-state index contributed by atoms with van der Waals surface area (Å²) in [7, 11) is 0. The molecule has 0 atom stereocenters. The first-order valence-electron chi connectivity index (χ1n) is 8.99. The molecule has 0 aliphatic rings. The molecule has 0 fully saturated rings. The van der Waals surface area contributed by atoms with Gasteiger partial charge in [0.2, 0.25) is 0 Å². The molecule has 0 amide bonds. The predicted molar refractivity (Wildman–Crippen MR) is 113 cm³/mol. The van der Waals surface area contributed by atoms with Gasteiger partial charge in [0.15, 0.2) is 11.5 Å². The number of hydrogen-bond donors (Lipinski definition) is 2. The average Bonchev–Trinajstić information content (AvgIpc) is 2.74. The van der Waals surface area contributed by atoms with Crippen molar-refractivity contribution >= 4 is 17.4 Å². The topological polar surface area (TPSA) is 125 Å². The minimum absolute atomic E-state index is 0.0477. The van der Waals surface area contributed by atoms with Gasteiger partial charge in [-0.15, -0.1) is 0 Å². The van der Waals surface area contributed by atoms with Crippen molar-refractivity contribution in [3.05, 3.63) is 74.5 Å². The van der Waals surface area contributed by atoms with Gasteiger partial charge in [-0.05, 0) is 18.6 Å². The van der Waals surface area contributed by atoms with Crippen LogP contribution in [0.3, 0.4) is 0 Å². The number of nitrogens with zero attached hydrogens (tertiary/aromatic N) is 2. The summed E-state index contributed by atoms with van der Waals surface area (Å²) in [6.45, 7) is 2.44. The SMILES string of the molecule is CCOc1cc(-c2c(C#N)c(N)[nH]c(=O)c2C#N)c(Cl)cc1OCc1ccccc1. The van der Waals surface area contributed by atoms with Crippen molar-refractivity contribution in [1.29, 1.82) is 10.5 Å². The fourth-order valence-electron chi connectivity index (χ4n) is 2.96. The highest BCUT2D eigenvalue weighted by Gasteiger charge is 2.22. The average molecular weight is 421 g/mol. The number of benzene rings is 2. The molecule has 30 heavy (non-hydrogen) atoms. The fraction of sp³-hybridized carbons (Fsp3) is 0.136. The molecule has 1 aromatic heterocycles. The molecule has 3 N–H and O–H groups in total. The maximum atomic E-state index is 12.2. The van der Waals surface area contributed by atoms with E-state index in [-0.39, 0.29) is 33.1 Å². The standard InChI is InChI=1S/C22H17ClN4O3/c1-2-29-18-8-14(20-15(10-24)21(26)27-22(28)16(20)11-25)17(23)9-19(18)30-12-13-6-4-3-5-7-13/h3-9H,2,12H2,1H3,(H3,26,27,28). The third-order valence-electron chi connectivity index (χ3n) is 4.31. The molecule has 1 heterocycles. The molecular weight excluding hydrogens is 404 g/mol. The molecule has 150 valence electrons. The van der Waals surface area contributed by atoms with Crippen LogP contribution in [0.5, 0.6) is 11.5 Å². The van der Waals surface area contributed by atoms with Gasteiger partial charge in [-0.3, -0.25) is 4.79 Å². The lowest BCUT2D eigenvalue weighted by atomic mass is 9.96. The van der Waals surface area contributed by atoms with Gasteiger partial charge in [-0.25, -0.2) is 0 Å². The highest BCUT2D eigenvalue weighted by Crippen LogP contribution is 2.41. The number of H-pyrrole nitrogens is 1. The van der Waals surface area contributed by atoms with Gasteiger partial charge in [-0.2, -0.15) is 10.5 Å². The largest absolute Gasteiger partial charge is 0.490 e. The summed E-state index contributed by atoms with van der Waals surface area (Å²) < 4.78 is 11.6. The molecule has 0 bridgehead atoms. The highest BCUT2D eigenvalue weighted by atomic mass is 35.5. The van der Waals surface area contributed by atoms with Gasteiger partial charge in [-0.1, -0.05) is 41.9 Å². The summed E-state index contributed by atoms with van der Waals surface area (Å²) in [4.78, 5) is 14.5. The molecule has 0 unspecified atom stereocenters. The summed E-state index contributed by atoms with van der Waals surface area (Å²) >= 11 is 6.47. The van der Waals surface area contributed by atoms with Crippen molar-refractivity contribution in [2.45, 2.75) is 13.5 Å². The van der Waals surface area contributed by atoms with Gasteiger partial charge in [0.05, 0.1) is 11.6 Å². The van der Waals surface area contributed by atoms with Crippen LogP contribution in [-0.2, 0) is 6.61 Å². The lowest BCUT2D eigenvalue weighted by molar-refractivity contribution is 0.269. The van der Waals surface area contributed by atoms with Gasteiger partial charge in [0.25, 0.3) is 5.56 Å². The molecule has 3 rings (SSSR count). The molecule has 7 nitrogen and oxygen atoms in total. The van der Waals surface area contributed by atoms with E-state index < -0.39 is 5.56 Å². The monoisotopic (exact) mass is 420 g/mol. The van der Waals surface area contributed by atoms with E-state index in [2.05, 4.69) is 4.98 Å². The summed E-state index contributed by atoms with van der Waals surface area (Å²) in [6, 6.07) is 16.4. The van der Waals surface area contributed by atoms with E-state index in [1.54, 1.807) is 6.07 Å². The maximum absolute atomic E-state index is 12.2. The Balaban J connectivity index is 2.15. The van der Waals surface area contributed by atoms with E-state index in [0.29, 0.717) is 24.7 Å². The number of anilines is 1. The fourth-order valence-corrected chi connectivity index (χ4v) is 3.20. The Kier molecular flexibility index (Phi) is 6.26. The van der Waals surface area contributed by atoms with Crippen LogP contribution in [0.15, 0.2) is 47.3 Å². The number of pyridine rings is 1. The van der Waals surface area contributed by atoms with Gasteiger partial charge in [0, 0.05) is 17.2 Å². The minimum atomic E-state index is -0.706. The maximum Gasteiger partial charge on any atom is 0.268 e. The van der Waals surface area contributed by atoms with Crippen molar-refractivity contribution in [2.24, 2.45) is 0 Å². The van der Waals surface area contributed by atoms with E-state index in [1.807, 2.05) is 49.4 Å². The summed E-state index contributed by atoms with van der Waals surface area (Å²) in [5.41, 5.74) is 6.07. The van der Waals surface area contributed by atoms with Crippen LogP contribution in [0.25, 0.3) is 11.1 Å². The number of hydrogen-bond acceptors (Lipinski definition) is 6. The number of ether oxygens (including phenoxy) is 2. The van der Waals surface area contributed by atoms with E-state index in [9.17, 15) is 15.3 Å². The second-order valence-corrected chi connectivity index (χ2v) is 6.61. The van der Waals surface area contributed by atoms with Crippen LogP contribution in [0.1, 0.15) is 23.6 Å². The number of aromatic amines is 1. The smallest absolute Gasteiger partial charge is 0.268 e. The second kappa shape index (κ2) is 9.04. The van der Waals surface area contributed by atoms with Gasteiger partial charge >= 0.3 is 0 Å². The number of halogens is 1. The van der Waals surface area contributed by atoms with E-state index in [0.717, 1.165) is 5.56 Å². The molecule has 8 heteroatoms. The first kappa shape index (κ1) is 20.8. The van der Waals surface area contributed by atoms with Crippen LogP contribution in [-0.4, -0.2) is 11.6 Å². The Hall–Kier alpha value is -3.94. The summed E-state index contributed by atoms with van der Waals surface area (Å²) in [5, 5.41) is 19.2. The molecule has 0 aliphatic heterocycles. The Bertz CT molecular complexity index is 1220. The highest BCUT2D eigenvalue weighted by molar-refractivity contribution is 6.33. The quantitative estimate of drug-likeness (QED) is 0.620. The molecule has 0 spiro atoms. The van der Waals surface area contributed by atoms with E-state index >= 15 is 0 Å². The third-order valence-corrected chi connectivity index (χ3v) is 4.62. The van der Waals surface area contributed by atoms with Crippen molar-refractivity contribution in [3.8, 4) is 34.8 Å². The molecule has 2 aromatic carbocycles. The number of rotatable bonds is 6. The van der Waals surface area contributed by atoms with Crippen molar-refractivity contribution in [1.82, 2.24) is 4.98 Å². The Morgan fingerprint density at radius 1 is 1.07 bits per heavy atom. The lowest BCUT2D eigenvalue weighted by Crippen LogP contribution is -2.16. The van der Waals surface area contributed by atoms with Crippen LogP contribution in [0, 0.1) is 22.7 Å². The number of nitrogen functional groups attached to an aromatic ring is 1. The Labute approximate surface area is 177 Å². The number of nitrogens with two attached hydrogens (primary N) is 1. The normalized spacial score (nSPS) is 10.1. The van der Waals surface area contributed by atoms with Crippen molar-refractivity contribution in [3.63, 3.8) is 0 Å². The summed E-state index contributed by atoms with van der Waals surface area (Å²) in [5.74, 6) is 0.610. The number of nitrogens with one attached hydrogen (secondary N) is 1. The van der Waals surface area contributed by atoms with Crippen LogP contribution in [0.2, 0.25) is 5.02 Å². The zero-order chi connectivity index (χ0) is 21.7. The second-order valence-electron chi connectivity index (χ2n) is 6.20. The lowest BCUT2D eigenvalue weighted by Gasteiger charge is -2.16. The summed E-state index contributed by atoms with van der Waals surface area (Å²) in [6.07, 6.45) is 0. The minimum Gasteiger partial charge on any atom is -0.490 e.